The third kappa shape index (κ3) is 67.2. The summed E-state index contributed by atoms with van der Waals surface area (Å²) in [7, 11) is 0. The van der Waals surface area contributed by atoms with Crippen molar-refractivity contribution in [1.29, 1.82) is 0 Å². The minimum atomic E-state index is -0.662. The predicted octanol–water partition coefficient (Wildman–Crippen LogP) is 24.3. The number of allylic oxidation sites excluding steroid dienone is 6. The molecule has 0 aromatic rings. The second-order valence-corrected chi connectivity index (χ2v) is 25.6. The number of nitrogens with one attached hydrogen (secondary N) is 1. The Labute approximate surface area is 513 Å². The zero-order valence-corrected chi connectivity index (χ0v) is 55.5. The lowest BCUT2D eigenvalue weighted by Crippen LogP contribution is -2.45. The predicted molar refractivity (Wildman–Crippen MR) is 361 cm³/mol. The number of unbranched alkanes of at least 4 members (excludes halogenated alkanes) is 53. The fourth-order valence-corrected chi connectivity index (χ4v) is 11.7. The Hall–Kier alpha value is -1.92. The fourth-order valence-electron chi connectivity index (χ4n) is 11.7. The third-order valence-electron chi connectivity index (χ3n) is 17.4. The number of aliphatic hydroxyl groups excluding tert-OH is 2. The smallest absolute Gasteiger partial charge is 0.305 e. The molecule has 6 nitrogen and oxygen atoms in total. The van der Waals surface area contributed by atoms with Crippen LogP contribution < -0.4 is 5.32 Å². The molecule has 2 unspecified atom stereocenters. The first-order chi connectivity index (χ1) is 40.5. The molecule has 82 heavy (non-hydrogen) atoms. The van der Waals surface area contributed by atoms with E-state index in [4.69, 9.17) is 4.74 Å². The molecular formula is C76H145NO5. The quantitative estimate of drug-likeness (QED) is 0.0320. The molecule has 0 aliphatic rings. The summed E-state index contributed by atoms with van der Waals surface area (Å²) in [5, 5.41) is 23.3. The highest BCUT2D eigenvalue weighted by Crippen LogP contribution is 2.19. The lowest BCUT2D eigenvalue weighted by Gasteiger charge is -2.22. The number of aliphatic hydroxyl groups is 2. The lowest BCUT2D eigenvalue weighted by atomic mass is 10.0. The van der Waals surface area contributed by atoms with Crippen LogP contribution in [0.15, 0.2) is 36.5 Å². The van der Waals surface area contributed by atoms with Crippen LogP contribution in [0.4, 0.5) is 0 Å². The summed E-state index contributed by atoms with van der Waals surface area (Å²) in [6.45, 7) is 4.96. The Kier molecular flexibility index (Phi) is 69.9. The number of hydrogen-bond donors (Lipinski definition) is 3. The van der Waals surface area contributed by atoms with E-state index in [0.29, 0.717) is 25.9 Å². The van der Waals surface area contributed by atoms with Crippen LogP contribution in [0.3, 0.4) is 0 Å². The second kappa shape index (κ2) is 71.6. The van der Waals surface area contributed by atoms with Crippen LogP contribution in [-0.2, 0) is 14.3 Å². The first-order valence-electron chi connectivity index (χ1n) is 37.2. The van der Waals surface area contributed by atoms with Crippen molar-refractivity contribution >= 4 is 11.9 Å². The molecular weight excluding hydrogens is 1010 g/mol. The Balaban J connectivity index is 3.34. The van der Waals surface area contributed by atoms with Gasteiger partial charge in [0.1, 0.15) is 0 Å². The summed E-state index contributed by atoms with van der Waals surface area (Å²) in [4.78, 5) is 24.6. The first-order valence-corrected chi connectivity index (χ1v) is 37.2. The van der Waals surface area contributed by atoms with E-state index in [2.05, 4.69) is 55.6 Å². The van der Waals surface area contributed by atoms with E-state index in [1.165, 1.54) is 327 Å². The van der Waals surface area contributed by atoms with Crippen LogP contribution in [0.1, 0.15) is 412 Å². The van der Waals surface area contributed by atoms with Gasteiger partial charge in [-0.1, -0.05) is 352 Å². The van der Waals surface area contributed by atoms with Gasteiger partial charge < -0.3 is 20.3 Å². The van der Waals surface area contributed by atoms with Gasteiger partial charge in [-0.2, -0.15) is 0 Å². The third-order valence-corrected chi connectivity index (χ3v) is 17.4. The van der Waals surface area contributed by atoms with Crippen molar-refractivity contribution < 1.29 is 24.5 Å². The Bertz CT molecular complexity index is 1330. The van der Waals surface area contributed by atoms with Crippen LogP contribution in [0, 0.1) is 0 Å². The molecule has 0 aromatic heterocycles. The maximum Gasteiger partial charge on any atom is 0.305 e. The Morgan fingerprint density at radius 1 is 0.341 bits per heavy atom. The van der Waals surface area contributed by atoms with Crippen LogP contribution >= 0.6 is 0 Å². The average molecular weight is 1150 g/mol. The highest BCUT2D eigenvalue weighted by Gasteiger charge is 2.20. The molecule has 0 bridgehead atoms. The molecule has 0 fully saturated rings. The van der Waals surface area contributed by atoms with Crippen LogP contribution in [0.5, 0.6) is 0 Å². The number of esters is 1. The van der Waals surface area contributed by atoms with E-state index in [1.54, 1.807) is 0 Å². The molecule has 0 rings (SSSR count). The lowest BCUT2D eigenvalue weighted by molar-refractivity contribution is -0.143. The molecule has 0 saturated carbocycles. The molecule has 2 atom stereocenters. The summed E-state index contributed by atoms with van der Waals surface area (Å²) >= 11 is 0. The molecule has 3 N–H and O–H groups in total. The van der Waals surface area contributed by atoms with E-state index < -0.39 is 12.1 Å². The number of ether oxygens (including phenoxy) is 1. The second-order valence-electron chi connectivity index (χ2n) is 25.6. The topological polar surface area (TPSA) is 95.9 Å². The Morgan fingerprint density at radius 3 is 0.951 bits per heavy atom. The largest absolute Gasteiger partial charge is 0.466 e. The Morgan fingerprint density at radius 2 is 0.610 bits per heavy atom. The standard InChI is InChI=1S/C76H145NO5/c1-3-5-7-9-11-13-15-17-19-20-39-42-46-50-54-58-62-66-70-76(81)82-71-67-63-59-55-51-47-43-40-37-35-33-31-29-27-25-23-21-22-24-26-28-30-32-34-36-38-41-45-49-53-57-61-65-69-75(80)77-73(72-78)74(79)68-64-60-56-52-48-44-18-16-14-12-10-8-6-4-2/h13,15,19-20,25,27,73-74,78-79H,3-12,14,16-18,21-24,26,28-72H2,1-2H3,(H,77,80)/b15-13-,20-19-,27-25-. The molecule has 0 aliphatic carbocycles. The van der Waals surface area contributed by atoms with Crippen molar-refractivity contribution in [2.45, 2.75) is 424 Å². The fraction of sp³-hybridized carbons (Fsp3) is 0.895. The van der Waals surface area contributed by atoms with Gasteiger partial charge in [0.25, 0.3) is 0 Å². The molecule has 0 aliphatic heterocycles. The molecule has 0 saturated heterocycles. The number of carbonyl (C=O) groups excluding carboxylic acids is 2. The van der Waals surface area contributed by atoms with Gasteiger partial charge >= 0.3 is 5.97 Å². The minimum absolute atomic E-state index is 0.0118. The van der Waals surface area contributed by atoms with Crippen molar-refractivity contribution in [2.24, 2.45) is 0 Å². The molecule has 0 heterocycles. The van der Waals surface area contributed by atoms with E-state index in [9.17, 15) is 19.8 Å². The maximum absolute atomic E-state index is 12.5. The molecule has 0 aromatic carbocycles. The van der Waals surface area contributed by atoms with Crippen molar-refractivity contribution in [1.82, 2.24) is 5.32 Å². The SMILES string of the molecule is CCCCCC/C=C\C/C=C\CCCCCCCCCC(=O)OCCCCCCCCCCCCCC/C=C\CCCCCCCCCCCCCCCCCCCC(=O)NC(CO)C(O)CCCCCCCCCCCCCCCC. The molecule has 1 amide bonds. The number of rotatable bonds is 70. The summed E-state index contributed by atoms with van der Waals surface area (Å²) in [6.07, 6.45) is 92.2. The van der Waals surface area contributed by atoms with Crippen molar-refractivity contribution in [3.8, 4) is 0 Å². The molecule has 6 heteroatoms. The number of hydrogen-bond acceptors (Lipinski definition) is 5. The molecule has 0 spiro atoms. The molecule has 0 radical (unpaired) electrons. The van der Waals surface area contributed by atoms with Gasteiger partial charge in [0.2, 0.25) is 5.91 Å². The van der Waals surface area contributed by atoms with Crippen LogP contribution in [-0.4, -0.2) is 47.4 Å². The number of carbonyl (C=O) groups is 2. The van der Waals surface area contributed by atoms with Gasteiger partial charge in [0, 0.05) is 12.8 Å². The van der Waals surface area contributed by atoms with Gasteiger partial charge in [0.15, 0.2) is 0 Å². The number of amides is 1. The highest BCUT2D eigenvalue weighted by atomic mass is 16.5. The van der Waals surface area contributed by atoms with Crippen molar-refractivity contribution in [3.63, 3.8) is 0 Å². The normalized spacial score (nSPS) is 12.7. The van der Waals surface area contributed by atoms with E-state index >= 15 is 0 Å². The summed E-state index contributed by atoms with van der Waals surface area (Å²) in [5.41, 5.74) is 0. The van der Waals surface area contributed by atoms with Gasteiger partial charge in [-0.25, -0.2) is 0 Å². The zero-order chi connectivity index (χ0) is 59.2. The van der Waals surface area contributed by atoms with Gasteiger partial charge in [-0.05, 0) is 83.5 Å². The highest BCUT2D eigenvalue weighted by molar-refractivity contribution is 5.76. The summed E-state index contributed by atoms with van der Waals surface area (Å²) < 4.78 is 5.50. The van der Waals surface area contributed by atoms with Crippen molar-refractivity contribution in [3.05, 3.63) is 36.5 Å². The minimum Gasteiger partial charge on any atom is -0.466 e. The summed E-state index contributed by atoms with van der Waals surface area (Å²) in [6, 6.07) is -0.539. The molecule has 484 valence electrons. The van der Waals surface area contributed by atoms with Gasteiger partial charge in [-0.15, -0.1) is 0 Å². The average Bonchev–Trinajstić information content (AvgIpc) is 3.48. The zero-order valence-electron chi connectivity index (χ0n) is 55.5. The van der Waals surface area contributed by atoms with E-state index in [1.807, 2.05) is 0 Å². The van der Waals surface area contributed by atoms with Crippen LogP contribution in [0.2, 0.25) is 0 Å². The summed E-state index contributed by atoms with van der Waals surface area (Å²) in [5.74, 6) is -0.0176. The van der Waals surface area contributed by atoms with E-state index in [-0.39, 0.29) is 18.5 Å². The first kappa shape index (κ1) is 80.1. The van der Waals surface area contributed by atoms with E-state index in [0.717, 1.165) is 51.4 Å². The van der Waals surface area contributed by atoms with Gasteiger partial charge in [-0.3, -0.25) is 9.59 Å². The van der Waals surface area contributed by atoms with Crippen molar-refractivity contribution in [2.75, 3.05) is 13.2 Å². The van der Waals surface area contributed by atoms with Gasteiger partial charge in [0.05, 0.1) is 25.4 Å². The van der Waals surface area contributed by atoms with Crippen LogP contribution in [0.25, 0.3) is 0 Å². The maximum atomic E-state index is 12.5. The monoisotopic (exact) mass is 1150 g/mol.